The summed E-state index contributed by atoms with van der Waals surface area (Å²) in [5.74, 6) is 0.879. The molecule has 1 aromatic carbocycles. The van der Waals surface area contributed by atoms with Crippen molar-refractivity contribution in [1.29, 1.82) is 0 Å². The molecular formula is C11H12F3NOS. The molecule has 1 aromatic rings. The highest BCUT2D eigenvalue weighted by Gasteiger charge is 2.29. The summed E-state index contributed by atoms with van der Waals surface area (Å²) < 4.78 is 35.8. The second kappa shape index (κ2) is 5.29. The van der Waals surface area contributed by atoms with Gasteiger partial charge in [-0.1, -0.05) is 18.2 Å². The number of fused-ring (bicyclic) bond motifs is 1. The van der Waals surface area contributed by atoms with E-state index in [-0.39, 0.29) is 6.04 Å². The summed E-state index contributed by atoms with van der Waals surface area (Å²) in [4.78, 5) is 5.61. The van der Waals surface area contributed by atoms with Crippen molar-refractivity contribution in [2.45, 2.75) is 23.5 Å². The Morgan fingerprint density at radius 1 is 1.35 bits per heavy atom. The summed E-state index contributed by atoms with van der Waals surface area (Å²) in [6.07, 6.45) is -3.53. The molecule has 2 rings (SSSR count). The Hall–Kier alpha value is -0.720. The highest BCUT2D eigenvalue weighted by atomic mass is 32.2. The molecule has 1 atom stereocenters. The van der Waals surface area contributed by atoms with Gasteiger partial charge in [0.2, 0.25) is 0 Å². The number of halogens is 3. The number of rotatable bonds is 3. The maximum absolute atomic E-state index is 11.9. The van der Waals surface area contributed by atoms with Crippen LogP contribution in [0.25, 0.3) is 0 Å². The first-order valence-corrected chi connectivity index (χ1v) is 6.20. The van der Waals surface area contributed by atoms with Crippen molar-refractivity contribution in [3.63, 3.8) is 0 Å². The standard InChI is InChI=1S/C11H12F3NOS/c12-11(13,14)7-16-15-9-5-6-17-10-4-2-1-3-8(9)10/h1-4,9,15H,5-7H2. The molecule has 1 N–H and O–H groups in total. The van der Waals surface area contributed by atoms with Crippen LogP contribution in [0, 0.1) is 0 Å². The predicted octanol–water partition coefficient (Wildman–Crippen LogP) is 3.31. The molecule has 1 heterocycles. The lowest BCUT2D eigenvalue weighted by molar-refractivity contribution is -0.193. The lowest BCUT2D eigenvalue weighted by atomic mass is 10.1. The number of alkyl halides is 3. The third kappa shape index (κ3) is 3.62. The van der Waals surface area contributed by atoms with Crippen molar-refractivity contribution in [3.05, 3.63) is 29.8 Å². The average molecular weight is 263 g/mol. The minimum absolute atomic E-state index is 0.158. The summed E-state index contributed by atoms with van der Waals surface area (Å²) in [5.41, 5.74) is 3.51. The fourth-order valence-electron chi connectivity index (χ4n) is 1.69. The van der Waals surface area contributed by atoms with Crippen LogP contribution in [0.4, 0.5) is 13.2 Å². The second-order valence-electron chi connectivity index (χ2n) is 3.75. The van der Waals surface area contributed by atoms with Crippen LogP contribution in [0.1, 0.15) is 18.0 Å². The van der Waals surface area contributed by atoms with E-state index in [1.807, 2.05) is 24.3 Å². The molecule has 1 aliphatic heterocycles. The van der Waals surface area contributed by atoms with Gasteiger partial charge >= 0.3 is 6.18 Å². The van der Waals surface area contributed by atoms with Crippen LogP contribution in [-0.4, -0.2) is 18.5 Å². The van der Waals surface area contributed by atoms with Crippen LogP contribution in [-0.2, 0) is 4.84 Å². The van der Waals surface area contributed by atoms with Gasteiger partial charge in [0.15, 0.2) is 6.61 Å². The Morgan fingerprint density at radius 3 is 2.88 bits per heavy atom. The number of hydrogen-bond donors (Lipinski definition) is 1. The molecule has 2 nitrogen and oxygen atoms in total. The van der Waals surface area contributed by atoms with Crippen molar-refractivity contribution in [2.24, 2.45) is 0 Å². The largest absolute Gasteiger partial charge is 0.413 e. The molecule has 0 aromatic heterocycles. The van der Waals surface area contributed by atoms with Gasteiger partial charge in [-0.15, -0.1) is 11.8 Å². The van der Waals surface area contributed by atoms with E-state index >= 15 is 0 Å². The highest BCUT2D eigenvalue weighted by Crippen LogP contribution is 2.35. The van der Waals surface area contributed by atoms with Gasteiger partial charge in [-0.05, 0) is 23.8 Å². The monoisotopic (exact) mass is 263 g/mol. The van der Waals surface area contributed by atoms with Crippen LogP contribution >= 0.6 is 11.8 Å². The zero-order chi connectivity index (χ0) is 12.3. The summed E-state index contributed by atoms with van der Waals surface area (Å²) in [7, 11) is 0. The Labute approximate surface area is 101 Å². The van der Waals surface area contributed by atoms with E-state index in [9.17, 15) is 13.2 Å². The first-order valence-electron chi connectivity index (χ1n) is 5.22. The van der Waals surface area contributed by atoms with Crippen molar-refractivity contribution in [1.82, 2.24) is 5.48 Å². The maximum Gasteiger partial charge on any atom is 0.413 e. The maximum atomic E-state index is 11.9. The van der Waals surface area contributed by atoms with E-state index in [4.69, 9.17) is 0 Å². The number of thioether (sulfide) groups is 1. The fourth-order valence-corrected chi connectivity index (χ4v) is 2.81. The SMILES string of the molecule is FC(F)(F)CONC1CCSc2ccccc21. The van der Waals surface area contributed by atoms with E-state index in [1.54, 1.807) is 11.8 Å². The number of benzene rings is 1. The van der Waals surface area contributed by atoms with E-state index in [0.29, 0.717) is 0 Å². The van der Waals surface area contributed by atoms with Gasteiger partial charge in [-0.25, -0.2) is 0 Å². The van der Waals surface area contributed by atoms with Crippen LogP contribution in [0.5, 0.6) is 0 Å². The fraction of sp³-hybridized carbons (Fsp3) is 0.455. The zero-order valence-electron chi connectivity index (χ0n) is 8.96. The van der Waals surface area contributed by atoms with Gasteiger partial charge in [0.1, 0.15) is 0 Å². The van der Waals surface area contributed by atoms with Crippen molar-refractivity contribution in [2.75, 3.05) is 12.4 Å². The quantitative estimate of drug-likeness (QED) is 0.845. The Bertz CT molecular complexity index is 383. The van der Waals surface area contributed by atoms with Gasteiger partial charge in [0.25, 0.3) is 0 Å². The minimum Gasteiger partial charge on any atom is -0.292 e. The first kappa shape index (κ1) is 12.7. The summed E-state index contributed by atoms with van der Waals surface area (Å²) in [6.45, 7) is -1.27. The summed E-state index contributed by atoms with van der Waals surface area (Å²) in [5, 5.41) is 0. The Kier molecular flexibility index (Phi) is 3.96. The van der Waals surface area contributed by atoms with Crippen molar-refractivity contribution >= 4 is 11.8 Å². The average Bonchev–Trinajstić information content (AvgIpc) is 2.28. The summed E-state index contributed by atoms with van der Waals surface area (Å²) >= 11 is 1.71. The first-order chi connectivity index (χ1) is 8.06. The third-order valence-corrected chi connectivity index (χ3v) is 3.54. The van der Waals surface area contributed by atoms with E-state index < -0.39 is 12.8 Å². The van der Waals surface area contributed by atoms with Gasteiger partial charge in [-0.3, -0.25) is 4.84 Å². The molecule has 94 valence electrons. The molecule has 0 radical (unpaired) electrons. The lowest BCUT2D eigenvalue weighted by Gasteiger charge is -2.25. The highest BCUT2D eigenvalue weighted by molar-refractivity contribution is 7.99. The molecule has 0 saturated heterocycles. The van der Waals surface area contributed by atoms with Crippen LogP contribution in [0.3, 0.4) is 0 Å². The van der Waals surface area contributed by atoms with Crippen LogP contribution in [0.15, 0.2) is 29.2 Å². The molecule has 0 bridgehead atoms. The molecule has 0 amide bonds. The Morgan fingerprint density at radius 2 is 2.12 bits per heavy atom. The second-order valence-corrected chi connectivity index (χ2v) is 4.89. The molecule has 0 spiro atoms. The summed E-state index contributed by atoms with van der Waals surface area (Å²) in [6, 6.07) is 7.52. The minimum atomic E-state index is -4.30. The zero-order valence-corrected chi connectivity index (χ0v) is 9.77. The molecule has 0 aliphatic carbocycles. The van der Waals surface area contributed by atoms with E-state index in [2.05, 4.69) is 10.3 Å². The molecule has 1 aliphatic rings. The molecule has 1 unspecified atom stereocenters. The van der Waals surface area contributed by atoms with E-state index in [0.717, 1.165) is 22.6 Å². The van der Waals surface area contributed by atoms with Gasteiger partial charge < -0.3 is 0 Å². The van der Waals surface area contributed by atoms with Crippen LogP contribution < -0.4 is 5.48 Å². The lowest BCUT2D eigenvalue weighted by Crippen LogP contribution is -2.29. The predicted molar refractivity (Wildman–Crippen MR) is 59.7 cm³/mol. The van der Waals surface area contributed by atoms with Crippen molar-refractivity contribution in [3.8, 4) is 0 Å². The molecular weight excluding hydrogens is 251 g/mol. The van der Waals surface area contributed by atoms with Gasteiger partial charge in [0.05, 0.1) is 6.04 Å². The number of hydrogen-bond acceptors (Lipinski definition) is 3. The van der Waals surface area contributed by atoms with Crippen LogP contribution in [0.2, 0.25) is 0 Å². The third-order valence-electron chi connectivity index (χ3n) is 2.42. The van der Waals surface area contributed by atoms with Gasteiger partial charge in [-0.2, -0.15) is 18.7 Å². The van der Waals surface area contributed by atoms with E-state index in [1.165, 1.54) is 0 Å². The topological polar surface area (TPSA) is 21.3 Å². The number of hydroxylamine groups is 1. The molecule has 17 heavy (non-hydrogen) atoms. The van der Waals surface area contributed by atoms with Crippen molar-refractivity contribution < 1.29 is 18.0 Å². The smallest absolute Gasteiger partial charge is 0.292 e. The normalized spacial score (nSPS) is 20.1. The van der Waals surface area contributed by atoms with Gasteiger partial charge in [0, 0.05) is 4.90 Å². The number of nitrogens with one attached hydrogen (secondary N) is 1. The Balaban J connectivity index is 1.95. The molecule has 0 fully saturated rings. The molecule has 6 heteroatoms. The molecule has 0 saturated carbocycles.